The van der Waals surface area contributed by atoms with Gasteiger partial charge in [-0.25, -0.2) is 0 Å². The molecule has 6 amide bonds. The quantitative estimate of drug-likeness (QED) is 0.00991. The number of hydrogen-bond donors (Lipinski definition) is 10. The van der Waals surface area contributed by atoms with Crippen LogP contribution in [0, 0.1) is 0 Å². The third kappa shape index (κ3) is 22.4. The number of ether oxygens (including phenoxy) is 2. The molecule has 0 spiro atoms. The number of amides is 6. The van der Waals surface area contributed by atoms with Crippen LogP contribution in [0.4, 0.5) is 34.1 Å². The second-order valence-electron chi connectivity index (χ2n) is 25.8. The largest absolute Gasteiger partial charge is 0.508 e. The molecule has 106 heavy (non-hydrogen) atoms. The summed E-state index contributed by atoms with van der Waals surface area (Å²) in [6.07, 6.45) is 14.5. The van der Waals surface area contributed by atoms with Crippen molar-refractivity contribution >= 4 is 89.8 Å². The van der Waals surface area contributed by atoms with Crippen LogP contribution in [0.5, 0.6) is 34.5 Å². The van der Waals surface area contributed by atoms with Crippen molar-refractivity contribution in [2.75, 3.05) is 31.9 Å². The Bertz CT molecular complexity index is 4620. The first-order valence-corrected chi connectivity index (χ1v) is 38.4. The van der Waals surface area contributed by atoms with Gasteiger partial charge in [0.25, 0.3) is 43.9 Å². The number of hydrogen-bond acceptors (Lipinski definition) is 14. The second kappa shape index (κ2) is 37.5. The number of benzene rings is 9. The predicted molar refractivity (Wildman–Crippen MR) is 410 cm³/mol. The normalized spacial score (nSPS) is 11.3. The Hall–Kier alpha value is -11.2. The van der Waals surface area contributed by atoms with Gasteiger partial charge in [-0.15, -0.1) is 0 Å². The molecule has 9 aromatic carbocycles. The Labute approximate surface area is 617 Å². The summed E-state index contributed by atoms with van der Waals surface area (Å²) in [7, 11) is -9.59. The van der Waals surface area contributed by atoms with Crippen LogP contribution >= 0.6 is 0 Å². The molecule has 0 saturated carbocycles. The molecule has 554 valence electrons. The maximum atomic E-state index is 14.5. The molecule has 0 atom stereocenters. The monoisotopic (exact) mass is 1480 g/mol. The summed E-state index contributed by atoms with van der Waals surface area (Å²) in [4.78, 5) is 82.3. The minimum atomic E-state index is -4.79. The van der Waals surface area contributed by atoms with Crippen molar-refractivity contribution in [3.05, 3.63) is 238 Å². The number of aryl methyl sites for hydroxylation is 4. The van der Waals surface area contributed by atoms with Gasteiger partial charge in [0.1, 0.15) is 44.3 Å². The highest BCUT2D eigenvalue weighted by Gasteiger charge is 2.26. The number of phenols is 2. The molecule has 22 nitrogen and oxygen atoms in total. The zero-order valence-corrected chi connectivity index (χ0v) is 61.2. The average molecular weight is 1480 g/mol. The number of carbonyl (C=O) groups excluding carboxylic acids is 6. The van der Waals surface area contributed by atoms with Gasteiger partial charge in [-0.2, -0.15) is 16.8 Å². The Balaban J connectivity index is 0.874. The fraction of sp³-hybridized carbons (Fsp3) is 0.268. The van der Waals surface area contributed by atoms with E-state index in [4.69, 9.17) is 9.47 Å². The minimum Gasteiger partial charge on any atom is -0.508 e. The molecule has 0 saturated heterocycles. The Morgan fingerprint density at radius 3 is 1.00 bits per heavy atom. The summed E-state index contributed by atoms with van der Waals surface area (Å²) in [5.41, 5.74) is 4.60. The molecule has 0 unspecified atom stereocenters. The van der Waals surface area contributed by atoms with Gasteiger partial charge in [0.05, 0.1) is 35.1 Å². The van der Waals surface area contributed by atoms with Crippen LogP contribution in [0.3, 0.4) is 0 Å². The Morgan fingerprint density at radius 2 is 0.642 bits per heavy atom. The average Bonchev–Trinajstić information content (AvgIpc) is 0.809. The lowest BCUT2D eigenvalue weighted by Crippen LogP contribution is -2.18. The van der Waals surface area contributed by atoms with Gasteiger partial charge in [0.15, 0.2) is 0 Å². The van der Waals surface area contributed by atoms with Crippen molar-refractivity contribution in [1.29, 1.82) is 0 Å². The molecule has 24 heteroatoms. The zero-order chi connectivity index (χ0) is 75.9. The molecule has 0 aliphatic carbocycles. The van der Waals surface area contributed by atoms with Crippen LogP contribution in [-0.4, -0.2) is 71.6 Å². The van der Waals surface area contributed by atoms with Crippen LogP contribution in [0.25, 0.3) is 0 Å². The van der Waals surface area contributed by atoms with E-state index in [0.29, 0.717) is 11.5 Å². The molecule has 0 aliphatic heterocycles. The first-order valence-electron chi connectivity index (χ1n) is 35.5. The molecular formula is C82H88N6O16S2. The summed E-state index contributed by atoms with van der Waals surface area (Å²) in [5.74, 6) is -3.90. The van der Waals surface area contributed by atoms with Crippen LogP contribution < -0.4 is 41.4 Å². The molecular weight excluding hydrogens is 1390 g/mol. The van der Waals surface area contributed by atoms with Crippen molar-refractivity contribution in [2.24, 2.45) is 0 Å². The highest BCUT2D eigenvalue weighted by atomic mass is 32.2. The smallest absolute Gasteiger partial charge is 0.295 e. The van der Waals surface area contributed by atoms with Crippen LogP contribution in [0.1, 0.15) is 180 Å². The van der Waals surface area contributed by atoms with E-state index >= 15 is 0 Å². The summed E-state index contributed by atoms with van der Waals surface area (Å²) < 4.78 is 81.8. The van der Waals surface area contributed by atoms with E-state index in [1.807, 2.05) is 24.3 Å². The topological polar surface area (TPSA) is 342 Å². The molecule has 0 radical (unpaired) electrons. The molecule has 0 aliphatic rings. The van der Waals surface area contributed by atoms with E-state index in [1.165, 1.54) is 84.9 Å². The lowest BCUT2D eigenvalue weighted by Gasteiger charge is -2.17. The van der Waals surface area contributed by atoms with Gasteiger partial charge in [-0.05, 0) is 195 Å². The van der Waals surface area contributed by atoms with Gasteiger partial charge in [-0.3, -0.25) is 37.9 Å². The second-order valence-corrected chi connectivity index (χ2v) is 28.6. The van der Waals surface area contributed by atoms with Crippen molar-refractivity contribution in [2.45, 2.75) is 153 Å². The van der Waals surface area contributed by atoms with Gasteiger partial charge in [-0.1, -0.05) is 140 Å². The van der Waals surface area contributed by atoms with E-state index in [2.05, 4.69) is 71.7 Å². The van der Waals surface area contributed by atoms with E-state index in [9.17, 15) is 64.9 Å². The van der Waals surface area contributed by atoms with Crippen LogP contribution in [-0.2, 0) is 68.4 Å². The molecule has 0 aromatic heterocycles. The van der Waals surface area contributed by atoms with Gasteiger partial charge in [0, 0.05) is 45.3 Å². The first-order chi connectivity index (χ1) is 50.9. The Morgan fingerprint density at radius 1 is 0.321 bits per heavy atom. The number of unbranched alkanes of at least 4 members (excludes halogenated alkanes) is 8. The summed E-state index contributed by atoms with van der Waals surface area (Å²) in [6.45, 7) is 8.53. The summed E-state index contributed by atoms with van der Waals surface area (Å²) in [6, 6.07) is 45.7. The fourth-order valence-corrected chi connectivity index (χ4v) is 13.4. The molecule has 9 aromatic rings. The molecule has 10 N–H and O–H groups in total. The highest BCUT2D eigenvalue weighted by molar-refractivity contribution is 7.86. The number of carbonyl (C=O) groups is 6. The third-order valence-corrected chi connectivity index (χ3v) is 19.3. The van der Waals surface area contributed by atoms with E-state index < -0.39 is 89.8 Å². The van der Waals surface area contributed by atoms with Gasteiger partial charge >= 0.3 is 0 Å². The van der Waals surface area contributed by atoms with Crippen molar-refractivity contribution in [3.8, 4) is 34.5 Å². The number of rotatable bonds is 36. The lowest BCUT2D eigenvalue weighted by molar-refractivity contribution is -0.116. The Kier molecular flexibility index (Phi) is 27.9. The summed E-state index contributed by atoms with van der Waals surface area (Å²) in [5, 5.41) is 38.9. The van der Waals surface area contributed by atoms with Crippen molar-refractivity contribution in [3.63, 3.8) is 0 Å². The molecule has 0 heterocycles. The van der Waals surface area contributed by atoms with Gasteiger partial charge < -0.3 is 51.6 Å². The maximum Gasteiger partial charge on any atom is 0.295 e. The highest BCUT2D eigenvalue weighted by Crippen LogP contribution is 2.37. The molecule has 0 bridgehead atoms. The third-order valence-electron chi connectivity index (χ3n) is 17.5. The number of phenolic OH excluding ortho intramolecular Hbond substituents is 2. The van der Waals surface area contributed by atoms with E-state index in [0.717, 1.165) is 149 Å². The first kappa shape index (κ1) is 78.9. The van der Waals surface area contributed by atoms with Gasteiger partial charge in [0.2, 0.25) is 11.8 Å². The molecule has 9 rings (SSSR count). The maximum absolute atomic E-state index is 14.5. The summed E-state index contributed by atoms with van der Waals surface area (Å²) >= 11 is 0. The van der Waals surface area contributed by atoms with Crippen LogP contribution in [0.15, 0.2) is 192 Å². The predicted octanol–water partition coefficient (Wildman–Crippen LogP) is 17.5. The lowest BCUT2D eigenvalue weighted by atomic mass is 10.00. The van der Waals surface area contributed by atoms with Crippen molar-refractivity contribution in [1.82, 2.24) is 0 Å². The number of aromatic hydroxyl groups is 2. The zero-order valence-electron chi connectivity index (χ0n) is 59.6. The minimum absolute atomic E-state index is 0.0137. The van der Waals surface area contributed by atoms with E-state index in [-0.39, 0.29) is 79.0 Å². The SMILES string of the molecule is CCCCCc1ccc(Oc2ccc(NC(=O)c3ccccc3S(=O)(=O)O)cc2C(=O)Nc2cccc(NC(=O)Cc3cc(O)c(CC(=O)Nc4cccc(NC(=O)c5cc(NC(=O)c6ccccc6S(=O)(=O)O)ccc5Oc5ccc(CCCCC)cc5CCCCC)c4)cc3O)c2)c(CCCCC)c1. The number of anilines is 6. The fourth-order valence-electron chi connectivity index (χ4n) is 12.0. The van der Waals surface area contributed by atoms with Crippen LogP contribution in [0.2, 0.25) is 0 Å². The molecule has 0 fully saturated rings. The number of nitrogens with one attached hydrogen (secondary N) is 6. The van der Waals surface area contributed by atoms with Crippen molar-refractivity contribution < 1.29 is 74.4 Å². The van der Waals surface area contributed by atoms with E-state index in [1.54, 1.807) is 36.4 Å². The standard InChI is InChI=1S/C82H88N6O16S2/c1-5-9-13-23-53-35-39-71(55(43-53)25-15-11-7-3)103-73-41-37-63(87-79(93)65-31-17-19-33-75(65)105(97,98)99)51-67(73)81(95)85-61-29-21-27-59(49-61)83-77(91)47-57-45-70(90)58(46-69(57)89)48-78(92)84-60-28-22-30-62(50-60)86-82(96)68-52-64(88-80(94)66-32-18-20-34-76(66)106(100,101)102)38-42-74(68)104-72-40-36-54(24-14-10-6-2)44-56(72)26-16-12-8-4/h17-22,27-46,49-52,89-90H,5-16,23-26,47-48H2,1-4H3,(H,83,91)(H,84,92)(H,85,95)(H,86,96)(H,87,93)(H,88,94)(H,97,98,99)(H,100,101,102).